The van der Waals surface area contributed by atoms with Crippen molar-refractivity contribution in [1.29, 1.82) is 0 Å². The van der Waals surface area contributed by atoms with E-state index in [4.69, 9.17) is 5.73 Å². The molecule has 0 heterocycles. The van der Waals surface area contributed by atoms with Crippen LogP contribution in [0.3, 0.4) is 0 Å². The van der Waals surface area contributed by atoms with Crippen molar-refractivity contribution in [2.24, 2.45) is 0 Å². The second-order valence-corrected chi connectivity index (χ2v) is 6.70. The van der Waals surface area contributed by atoms with E-state index >= 15 is 0 Å². The molecule has 2 aromatic rings. The molecule has 0 aliphatic carbocycles. The number of nitrogen functional groups attached to an aromatic ring is 1. The van der Waals surface area contributed by atoms with Gasteiger partial charge in [0.1, 0.15) is 0 Å². The molecule has 6 heteroatoms. The normalized spacial score (nSPS) is 11.2. The molecule has 0 aliphatic rings. The highest BCUT2D eigenvalue weighted by Crippen LogP contribution is 2.18. The van der Waals surface area contributed by atoms with Crippen LogP contribution in [0.25, 0.3) is 0 Å². The van der Waals surface area contributed by atoms with E-state index in [-0.39, 0.29) is 5.75 Å². The fraction of sp³-hybridized carbons (Fsp3) is 0.0769. The first-order valence-corrected chi connectivity index (χ1v) is 8.00. The van der Waals surface area contributed by atoms with E-state index in [0.717, 1.165) is 4.47 Å². The molecule has 2 aromatic carbocycles. The maximum Gasteiger partial charge on any atom is 0.236 e. The molecule has 4 nitrogen and oxygen atoms in total. The van der Waals surface area contributed by atoms with Crippen molar-refractivity contribution in [3.8, 4) is 0 Å². The topological polar surface area (TPSA) is 72.2 Å². The number of halogens is 1. The second kappa shape index (κ2) is 5.63. The van der Waals surface area contributed by atoms with Crippen LogP contribution in [-0.4, -0.2) is 8.42 Å². The van der Waals surface area contributed by atoms with Crippen LogP contribution in [0.1, 0.15) is 5.56 Å². The number of para-hydroxylation sites is 1. The molecule has 19 heavy (non-hydrogen) atoms. The Morgan fingerprint density at radius 2 is 1.68 bits per heavy atom. The standard InChI is InChI=1S/C13H13BrN2O2S/c14-11-5-7-12(8-6-11)16-19(17,18)9-10-3-1-2-4-13(10)15/h1-8,16H,9,15H2. The van der Waals surface area contributed by atoms with Gasteiger partial charge in [-0.15, -0.1) is 0 Å². The van der Waals surface area contributed by atoms with Crippen molar-refractivity contribution in [3.63, 3.8) is 0 Å². The lowest BCUT2D eigenvalue weighted by Gasteiger charge is -2.09. The highest BCUT2D eigenvalue weighted by Gasteiger charge is 2.13. The van der Waals surface area contributed by atoms with Gasteiger partial charge in [0.15, 0.2) is 0 Å². The van der Waals surface area contributed by atoms with Gasteiger partial charge < -0.3 is 5.73 Å². The predicted molar refractivity (Wildman–Crippen MR) is 81.2 cm³/mol. The van der Waals surface area contributed by atoms with Crippen LogP contribution >= 0.6 is 15.9 Å². The van der Waals surface area contributed by atoms with E-state index in [1.54, 1.807) is 48.5 Å². The Morgan fingerprint density at radius 3 is 2.32 bits per heavy atom. The summed E-state index contributed by atoms with van der Waals surface area (Å²) in [6.07, 6.45) is 0. The molecular weight excluding hydrogens is 328 g/mol. The maximum atomic E-state index is 12.0. The first-order chi connectivity index (χ1) is 8.96. The lowest BCUT2D eigenvalue weighted by atomic mass is 10.2. The third-order valence-corrected chi connectivity index (χ3v) is 4.28. The molecule has 0 bridgehead atoms. The zero-order valence-electron chi connectivity index (χ0n) is 10.0. The van der Waals surface area contributed by atoms with Crippen molar-refractivity contribution in [1.82, 2.24) is 0 Å². The van der Waals surface area contributed by atoms with E-state index in [1.807, 2.05) is 0 Å². The summed E-state index contributed by atoms with van der Waals surface area (Å²) < 4.78 is 27.5. The van der Waals surface area contributed by atoms with Gasteiger partial charge in [0.25, 0.3) is 0 Å². The van der Waals surface area contributed by atoms with E-state index in [2.05, 4.69) is 20.7 Å². The summed E-state index contributed by atoms with van der Waals surface area (Å²) in [5.41, 5.74) is 7.33. The second-order valence-electron chi connectivity index (χ2n) is 4.07. The molecule has 2 rings (SSSR count). The summed E-state index contributed by atoms with van der Waals surface area (Å²) in [4.78, 5) is 0. The van der Waals surface area contributed by atoms with Gasteiger partial charge in [0.05, 0.1) is 5.75 Å². The molecule has 0 aromatic heterocycles. The molecule has 0 fully saturated rings. The number of benzene rings is 2. The summed E-state index contributed by atoms with van der Waals surface area (Å²) >= 11 is 3.29. The highest BCUT2D eigenvalue weighted by molar-refractivity contribution is 9.10. The Hall–Kier alpha value is -1.53. The van der Waals surface area contributed by atoms with Crippen LogP contribution in [0.5, 0.6) is 0 Å². The van der Waals surface area contributed by atoms with Gasteiger partial charge in [-0.2, -0.15) is 0 Å². The number of nitrogens with two attached hydrogens (primary N) is 1. The first-order valence-electron chi connectivity index (χ1n) is 5.56. The summed E-state index contributed by atoms with van der Waals surface area (Å²) in [7, 11) is -3.47. The van der Waals surface area contributed by atoms with Crippen molar-refractivity contribution >= 4 is 37.3 Å². The van der Waals surface area contributed by atoms with Crippen LogP contribution < -0.4 is 10.5 Å². The Balaban J connectivity index is 2.15. The van der Waals surface area contributed by atoms with Gasteiger partial charge in [-0.3, -0.25) is 4.72 Å². The van der Waals surface area contributed by atoms with E-state index in [1.165, 1.54) is 0 Å². The fourth-order valence-electron chi connectivity index (χ4n) is 1.60. The van der Waals surface area contributed by atoms with E-state index in [9.17, 15) is 8.42 Å². The molecule has 100 valence electrons. The lowest BCUT2D eigenvalue weighted by molar-refractivity contribution is 0.600. The van der Waals surface area contributed by atoms with Crippen molar-refractivity contribution in [2.75, 3.05) is 10.5 Å². The Labute approximate surface area is 120 Å². The predicted octanol–water partition coefficient (Wildman–Crippen LogP) is 2.97. The fourth-order valence-corrected chi connectivity index (χ4v) is 3.11. The molecule has 0 amide bonds. The first kappa shape index (κ1) is 13.9. The minimum Gasteiger partial charge on any atom is -0.398 e. The monoisotopic (exact) mass is 340 g/mol. The van der Waals surface area contributed by atoms with Crippen LogP contribution in [0.2, 0.25) is 0 Å². The molecule has 0 aliphatic heterocycles. The van der Waals surface area contributed by atoms with Crippen molar-refractivity contribution < 1.29 is 8.42 Å². The molecule has 3 N–H and O–H groups in total. The van der Waals surface area contributed by atoms with E-state index in [0.29, 0.717) is 16.9 Å². The third kappa shape index (κ3) is 3.97. The summed E-state index contributed by atoms with van der Waals surface area (Å²) in [5, 5.41) is 0. The minimum absolute atomic E-state index is 0.143. The number of rotatable bonds is 4. The van der Waals surface area contributed by atoms with Gasteiger partial charge >= 0.3 is 0 Å². The van der Waals surface area contributed by atoms with Gasteiger partial charge in [0.2, 0.25) is 10.0 Å². The van der Waals surface area contributed by atoms with Crippen LogP contribution in [0.4, 0.5) is 11.4 Å². The molecule has 0 unspecified atom stereocenters. The van der Waals surface area contributed by atoms with E-state index < -0.39 is 10.0 Å². The van der Waals surface area contributed by atoms with Crippen molar-refractivity contribution in [2.45, 2.75) is 5.75 Å². The lowest BCUT2D eigenvalue weighted by Crippen LogP contribution is -2.15. The molecule has 0 atom stereocenters. The van der Waals surface area contributed by atoms with Gasteiger partial charge in [-0.25, -0.2) is 8.42 Å². The third-order valence-electron chi connectivity index (χ3n) is 2.52. The van der Waals surface area contributed by atoms with Gasteiger partial charge in [-0.1, -0.05) is 34.1 Å². The average molecular weight is 341 g/mol. The Kier molecular flexibility index (Phi) is 4.11. The Bertz CT molecular complexity index is 669. The van der Waals surface area contributed by atoms with Crippen LogP contribution in [0.15, 0.2) is 53.0 Å². The summed E-state index contributed by atoms with van der Waals surface area (Å²) in [6.45, 7) is 0. The summed E-state index contributed by atoms with van der Waals surface area (Å²) in [5.74, 6) is -0.143. The van der Waals surface area contributed by atoms with Gasteiger partial charge in [-0.05, 0) is 35.9 Å². The van der Waals surface area contributed by atoms with Gasteiger partial charge in [0, 0.05) is 15.8 Å². The zero-order valence-corrected chi connectivity index (χ0v) is 12.4. The number of anilines is 2. The SMILES string of the molecule is Nc1ccccc1CS(=O)(=O)Nc1ccc(Br)cc1. The largest absolute Gasteiger partial charge is 0.398 e. The minimum atomic E-state index is -3.47. The highest BCUT2D eigenvalue weighted by atomic mass is 79.9. The molecule has 0 radical (unpaired) electrons. The smallest absolute Gasteiger partial charge is 0.236 e. The van der Waals surface area contributed by atoms with Crippen LogP contribution in [0, 0.1) is 0 Å². The zero-order chi connectivity index (χ0) is 13.9. The molecular formula is C13H13BrN2O2S. The van der Waals surface area contributed by atoms with Crippen LogP contribution in [-0.2, 0) is 15.8 Å². The Morgan fingerprint density at radius 1 is 1.05 bits per heavy atom. The quantitative estimate of drug-likeness (QED) is 0.840. The van der Waals surface area contributed by atoms with Crippen molar-refractivity contribution in [3.05, 3.63) is 58.6 Å². The maximum absolute atomic E-state index is 12.0. The number of nitrogens with one attached hydrogen (secondary N) is 1. The number of sulfonamides is 1. The summed E-state index contributed by atoms with van der Waals surface area (Å²) in [6, 6.07) is 13.9. The molecule has 0 saturated heterocycles. The molecule has 0 spiro atoms. The number of hydrogen-bond donors (Lipinski definition) is 2. The molecule has 0 saturated carbocycles. The number of hydrogen-bond acceptors (Lipinski definition) is 3. The average Bonchev–Trinajstić information content (AvgIpc) is 2.35.